The van der Waals surface area contributed by atoms with E-state index in [1.165, 1.54) is 17.8 Å². The van der Waals surface area contributed by atoms with Crippen LogP contribution in [0.1, 0.15) is 18.4 Å². The fraction of sp³-hybridized carbons (Fsp3) is 0.176. The number of benzene rings is 2. The smallest absolute Gasteiger partial charge is 0.303 e. The third-order valence-electron chi connectivity index (χ3n) is 3.06. The molecule has 0 aliphatic carbocycles. The van der Waals surface area contributed by atoms with Gasteiger partial charge in [-0.1, -0.05) is 18.2 Å². The van der Waals surface area contributed by atoms with E-state index >= 15 is 0 Å². The number of anilines is 1. The molecule has 0 bridgehead atoms. The summed E-state index contributed by atoms with van der Waals surface area (Å²) in [7, 11) is 0. The Morgan fingerprint density at radius 3 is 2.39 bits per heavy atom. The van der Waals surface area contributed by atoms with Gasteiger partial charge in [-0.25, -0.2) is 4.39 Å². The second-order valence-electron chi connectivity index (χ2n) is 4.85. The molecule has 0 radical (unpaired) electrons. The monoisotopic (exact) mass is 333 g/mol. The molecule has 2 N–H and O–H groups in total. The minimum atomic E-state index is -1.000. The second-order valence-corrected chi connectivity index (χ2v) is 5.90. The zero-order valence-electron chi connectivity index (χ0n) is 12.3. The first-order chi connectivity index (χ1) is 11.0. The van der Waals surface area contributed by atoms with Crippen LogP contribution in [-0.4, -0.2) is 17.0 Å². The van der Waals surface area contributed by atoms with E-state index in [1.807, 2.05) is 12.1 Å². The molecule has 0 aromatic heterocycles. The summed E-state index contributed by atoms with van der Waals surface area (Å²) in [4.78, 5) is 22.9. The molecule has 0 aliphatic rings. The van der Waals surface area contributed by atoms with Gasteiger partial charge in [0.2, 0.25) is 5.91 Å². The summed E-state index contributed by atoms with van der Waals surface area (Å²) in [6.45, 7) is 0. The van der Waals surface area contributed by atoms with Gasteiger partial charge in [-0.2, -0.15) is 0 Å². The summed E-state index contributed by atoms with van der Waals surface area (Å²) < 4.78 is 13.5. The van der Waals surface area contributed by atoms with Crippen molar-refractivity contribution in [2.24, 2.45) is 0 Å². The molecule has 1 amide bonds. The number of nitrogens with one attached hydrogen (secondary N) is 1. The van der Waals surface area contributed by atoms with Crippen molar-refractivity contribution in [2.75, 3.05) is 5.32 Å². The van der Waals surface area contributed by atoms with Gasteiger partial charge in [-0.05, 0) is 35.9 Å². The van der Waals surface area contributed by atoms with Crippen LogP contribution in [0, 0.1) is 5.82 Å². The zero-order chi connectivity index (χ0) is 16.7. The van der Waals surface area contributed by atoms with Crippen LogP contribution in [0.5, 0.6) is 0 Å². The van der Waals surface area contributed by atoms with E-state index in [-0.39, 0.29) is 24.6 Å². The molecular formula is C17H16FNO3S. The van der Waals surface area contributed by atoms with Crippen LogP contribution in [0.4, 0.5) is 10.1 Å². The van der Waals surface area contributed by atoms with Crippen molar-refractivity contribution in [3.8, 4) is 0 Å². The van der Waals surface area contributed by atoms with E-state index in [2.05, 4.69) is 5.32 Å². The maximum Gasteiger partial charge on any atom is 0.303 e. The predicted octanol–water partition coefficient (Wildman–Crippen LogP) is 3.92. The highest BCUT2D eigenvalue weighted by molar-refractivity contribution is 7.98. The van der Waals surface area contributed by atoms with Gasteiger partial charge in [-0.3, -0.25) is 9.59 Å². The third kappa shape index (κ3) is 5.75. The lowest BCUT2D eigenvalue weighted by atomic mass is 10.2. The van der Waals surface area contributed by atoms with E-state index < -0.39 is 5.97 Å². The minimum absolute atomic E-state index is 0.0564. The molecule has 0 aliphatic heterocycles. The molecular weight excluding hydrogens is 317 g/mol. The number of hydrogen-bond donors (Lipinski definition) is 2. The van der Waals surface area contributed by atoms with E-state index in [4.69, 9.17) is 5.11 Å². The van der Waals surface area contributed by atoms with Gasteiger partial charge in [0.15, 0.2) is 0 Å². The van der Waals surface area contributed by atoms with E-state index in [9.17, 15) is 14.0 Å². The average molecular weight is 333 g/mol. The van der Waals surface area contributed by atoms with Crippen molar-refractivity contribution in [3.63, 3.8) is 0 Å². The van der Waals surface area contributed by atoms with Gasteiger partial charge in [0.25, 0.3) is 0 Å². The summed E-state index contributed by atoms with van der Waals surface area (Å²) in [5.74, 6) is -1.03. The van der Waals surface area contributed by atoms with Crippen LogP contribution in [0.15, 0.2) is 53.4 Å². The Bertz CT molecular complexity index is 688. The summed E-state index contributed by atoms with van der Waals surface area (Å²) in [6, 6.07) is 13.8. The fourth-order valence-electron chi connectivity index (χ4n) is 1.85. The van der Waals surface area contributed by atoms with Gasteiger partial charge in [0.1, 0.15) is 5.82 Å². The topological polar surface area (TPSA) is 66.4 Å². The Morgan fingerprint density at radius 2 is 1.74 bits per heavy atom. The third-order valence-corrected chi connectivity index (χ3v) is 4.12. The van der Waals surface area contributed by atoms with Crippen molar-refractivity contribution in [3.05, 3.63) is 59.9 Å². The van der Waals surface area contributed by atoms with Gasteiger partial charge in [0, 0.05) is 22.8 Å². The molecule has 4 nitrogen and oxygen atoms in total. The molecule has 0 atom stereocenters. The first-order valence-electron chi connectivity index (χ1n) is 7.02. The Labute approximate surface area is 137 Å². The lowest BCUT2D eigenvalue weighted by Crippen LogP contribution is -2.12. The molecule has 0 unspecified atom stereocenters. The van der Waals surface area contributed by atoms with Crippen molar-refractivity contribution >= 4 is 29.3 Å². The van der Waals surface area contributed by atoms with Crippen molar-refractivity contribution in [1.29, 1.82) is 0 Å². The van der Waals surface area contributed by atoms with Crippen molar-refractivity contribution in [1.82, 2.24) is 0 Å². The van der Waals surface area contributed by atoms with Crippen molar-refractivity contribution in [2.45, 2.75) is 23.5 Å². The molecule has 6 heteroatoms. The Balaban J connectivity index is 1.86. The highest BCUT2D eigenvalue weighted by Crippen LogP contribution is 2.25. The normalized spacial score (nSPS) is 10.3. The lowest BCUT2D eigenvalue weighted by Gasteiger charge is -2.06. The Hall–Kier alpha value is -2.34. The second kappa shape index (κ2) is 8.33. The zero-order valence-corrected chi connectivity index (χ0v) is 13.1. The predicted molar refractivity (Wildman–Crippen MR) is 87.9 cm³/mol. The van der Waals surface area contributed by atoms with Gasteiger partial charge >= 0.3 is 5.97 Å². The Morgan fingerprint density at radius 1 is 1.04 bits per heavy atom. The molecule has 0 saturated carbocycles. The first-order valence-corrected chi connectivity index (χ1v) is 8.01. The van der Waals surface area contributed by atoms with Gasteiger partial charge < -0.3 is 10.4 Å². The van der Waals surface area contributed by atoms with Gasteiger partial charge in [0.05, 0.1) is 6.42 Å². The summed E-state index contributed by atoms with van der Waals surface area (Å²) in [5, 5.41) is 11.2. The summed E-state index contributed by atoms with van der Waals surface area (Å²) in [5.41, 5.74) is 1.25. The quantitative estimate of drug-likeness (QED) is 0.754. The Kier molecular flexibility index (Phi) is 6.17. The highest BCUT2D eigenvalue weighted by atomic mass is 32.2. The van der Waals surface area contributed by atoms with E-state index in [0.29, 0.717) is 17.0 Å². The maximum atomic E-state index is 13.5. The first kappa shape index (κ1) is 17.0. The highest BCUT2D eigenvalue weighted by Gasteiger charge is 2.06. The molecule has 2 aromatic rings. The molecule has 0 heterocycles. The maximum absolute atomic E-state index is 13.5. The molecule has 0 saturated heterocycles. The number of rotatable bonds is 7. The standard InChI is InChI=1S/C17H16FNO3S/c18-15-4-2-1-3-12(15)11-23-14-7-5-13(6-8-14)19-16(20)9-10-17(21)22/h1-8H,9-11H2,(H,19,20)(H,21,22). The van der Waals surface area contributed by atoms with Crippen LogP contribution in [0.25, 0.3) is 0 Å². The minimum Gasteiger partial charge on any atom is -0.481 e. The number of carbonyl (C=O) groups is 2. The van der Waals surface area contributed by atoms with Crippen molar-refractivity contribution < 1.29 is 19.1 Å². The molecule has 0 spiro atoms. The van der Waals surface area contributed by atoms with E-state index in [1.54, 1.807) is 30.3 Å². The number of halogens is 1. The largest absolute Gasteiger partial charge is 0.481 e. The molecule has 2 aromatic carbocycles. The van der Waals surface area contributed by atoms with Crippen LogP contribution >= 0.6 is 11.8 Å². The van der Waals surface area contributed by atoms with Crippen LogP contribution < -0.4 is 5.32 Å². The fourth-order valence-corrected chi connectivity index (χ4v) is 2.74. The lowest BCUT2D eigenvalue weighted by molar-refractivity contribution is -0.138. The van der Waals surface area contributed by atoms with Crippen LogP contribution in [0.2, 0.25) is 0 Å². The number of hydrogen-bond acceptors (Lipinski definition) is 3. The molecule has 0 fully saturated rings. The number of carboxylic acid groups (broad SMARTS) is 1. The molecule has 120 valence electrons. The number of aliphatic carboxylic acids is 1. The van der Waals surface area contributed by atoms with Gasteiger partial charge in [-0.15, -0.1) is 11.8 Å². The number of carboxylic acids is 1. The van der Waals surface area contributed by atoms with Crippen LogP contribution in [-0.2, 0) is 15.3 Å². The number of amides is 1. The molecule has 23 heavy (non-hydrogen) atoms. The number of thioether (sulfide) groups is 1. The summed E-state index contributed by atoms with van der Waals surface area (Å²) >= 11 is 1.50. The van der Waals surface area contributed by atoms with E-state index in [0.717, 1.165) is 4.90 Å². The summed E-state index contributed by atoms with van der Waals surface area (Å²) in [6.07, 6.45) is -0.248. The SMILES string of the molecule is O=C(O)CCC(=O)Nc1ccc(SCc2ccccc2F)cc1. The van der Waals surface area contributed by atoms with Crippen LogP contribution in [0.3, 0.4) is 0 Å². The number of carbonyl (C=O) groups excluding carboxylic acids is 1. The average Bonchev–Trinajstić information content (AvgIpc) is 2.53. The molecule has 2 rings (SSSR count).